The molecule has 1 fully saturated rings. The maximum atomic E-state index is 13.3. The largest absolute Gasteiger partial charge is 0.480 e. The van der Waals surface area contributed by atoms with Crippen LogP contribution in [0.3, 0.4) is 0 Å². The molecule has 1 aromatic heterocycles. The number of aromatic nitrogens is 2. The van der Waals surface area contributed by atoms with Gasteiger partial charge >= 0.3 is 12.1 Å². The van der Waals surface area contributed by atoms with E-state index in [1.54, 1.807) is 13.8 Å². The Morgan fingerprint density at radius 2 is 1.93 bits per heavy atom. The lowest BCUT2D eigenvalue weighted by atomic mass is 9.89. The van der Waals surface area contributed by atoms with Gasteiger partial charge in [-0.3, -0.25) is 4.79 Å². The lowest BCUT2D eigenvalue weighted by Gasteiger charge is -2.33. The quantitative estimate of drug-likeness (QED) is 0.825. The third-order valence-corrected chi connectivity index (χ3v) is 4.83. The van der Waals surface area contributed by atoms with Gasteiger partial charge in [0.05, 0.1) is 11.0 Å². The fourth-order valence-corrected chi connectivity index (χ4v) is 3.36. The van der Waals surface area contributed by atoms with E-state index in [0.29, 0.717) is 0 Å². The van der Waals surface area contributed by atoms with Crippen LogP contribution in [0.2, 0.25) is 0 Å². The first kappa shape index (κ1) is 20.1. The summed E-state index contributed by atoms with van der Waals surface area (Å²) in [5, 5.41) is 12.0. The van der Waals surface area contributed by atoms with Gasteiger partial charge in [0.25, 0.3) is 5.91 Å². The Morgan fingerprint density at radius 1 is 1.29 bits per heavy atom. The van der Waals surface area contributed by atoms with Gasteiger partial charge in [-0.2, -0.15) is 13.2 Å². The molecule has 1 saturated heterocycles. The van der Waals surface area contributed by atoms with Crippen molar-refractivity contribution in [3.63, 3.8) is 0 Å². The third-order valence-electron chi connectivity index (χ3n) is 4.83. The van der Waals surface area contributed by atoms with Crippen LogP contribution in [0.4, 0.5) is 13.2 Å². The SMILES string of the molecule is CC(C)n1c(C(F)(F)F)nc2cc(C(=O)NC3(C(=O)O)CCOCC3)ccc21. The van der Waals surface area contributed by atoms with Crippen molar-refractivity contribution < 1.29 is 32.6 Å². The molecule has 0 spiro atoms. The Labute approximate surface area is 158 Å². The summed E-state index contributed by atoms with van der Waals surface area (Å²) < 4.78 is 46.2. The highest BCUT2D eigenvalue weighted by atomic mass is 19.4. The predicted octanol–water partition coefficient (Wildman–Crippen LogP) is 3.00. The van der Waals surface area contributed by atoms with E-state index in [2.05, 4.69) is 10.3 Å². The van der Waals surface area contributed by atoms with Crippen LogP contribution in [0.15, 0.2) is 18.2 Å². The minimum atomic E-state index is -4.64. The van der Waals surface area contributed by atoms with Gasteiger partial charge in [0.15, 0.2) is 0 Å². The monoisotopic (exact) mass is 399 g/mol. The smallest absolute Gasteiger partial charge is 0.449 e. The molecule has 0 atom stereocenters. The molecule has 3 rings (SSSR count). The Balaban J connectivity index is 1.98. The van der Waals surface area contributed by atoms with E-state index in [4.69, 9.17) is 4.74 Å². The van der Waals surface area contributed by atoms with Gasteiger partial charge in [-0.1, -0.05) is 0 Å². The zero-order chi connectivity index (χ0) is 20.7. The summed E-state index contributed by atoms with van der Waals surface area (Å²) in [6, 6.07) is 3.52. The molecule has 2 N–H and O–H groups in total. The third kappa shape index (κ3) is 3.56. The van der Waals surface area contributed by atoms with Crippen LogP contribution >= 0.6 is 0 Å². The fraction of sp³-hybridized carbons (Fsp3) is 0.500. The molecule has 0 aliphatic carbocycles. The summed E-state index contributed by atoms with van der Waals surface area (Å²) in [4.78, 5) is 28.0. The average molecular weight is 399 g/mol. The first-order valence-corrected chi connectivity index (χ1v) is 8.78. The Kier molecular flexibility index (Phi) is 5.09. The standard InChI is InChI=1S/C18H20F3N3O4/c1-10(2)24-13-4-3-11(9-12(13)22-15(24)18(19,20)21)14(25)23-17(16(26)27)5-7-28-8-6-17/h3-4,9-10H,5-8H2,1-2H3,(H,23,25)(H,26,27). The fourth-order valence-electron chi connectivity index (χ4n) is 3.36. The minimum absolute atomic E-state index is 0.0185. The second-order valence-corrected chi connectivity index (χ2v) is 7.05. The van der Waals surface area contributed by atoms with E-state index in [1.807, 2.05) is 0 Å². The minimum Gasteiger partial charge on any atom is -0.480 e. The van der Waals surface area contributed by atoms with E-state index in [0.717, 1.165) is 4.57 Å². The highest BCUT2D eigenvalue weighted by Crippen LogP contribution is 2.34. The zero-order valence-electron chi connectivity index (χ0n) is 15.3. The number of hydrogen-bond donors (Lipinski definition) is 2. The van der Waals surface area contributed by atoms with E-state index < -0.39 is 35.5 Å². The van der Waals surface area contributed by atoms with E-state index in [-0.39, 0.29) is 42.7 Å². The Bertz CT molecular complexity index is 915. The number of fused-ring (bicyclic) bond motifs is 1. The number of alkyl halides is 3. The first-order chi connectivity index (χ1) is 13.0. The maximum Gasteiger partial charge on any atom is 0.449 e. The Morgan fingerprint density at radius 3 is 2.46 bits per heavy atom. The number of nitrogens with one attached hydrogen (secondary N) is 1. The van der Waals surface area contributed by atoms with Crippen molar-refractivity contribution in [2.45, 2.75) is 44.4 Å². The van der Waals surface area contributed by atoms with Gasteiger partial charge in [0.2, 0.25) is 5.82 Å². The van der Waals surface area contributed by atoms with Gasteiger partial charge in [0.1, 0.15) is 5.54 Å². The maximum absolute atomic E-state index is 13.3. The topological polar surface area (TPSA) is 93.5 Å². The van der Waals surface area contributed by atoms with Gasteiger partial charge < -0.3 is 19.7 Å². The van der Waals surface area contributed by atoms with Crippen molar-refractivity contribution >= 4 is 22.9 Å². The summed E-state index contributed by atoms with van der Waals surface area (Å²) in [5.41, 5.74) is -1.15. The summed E-state index contributed by atoms with van der Waals surface area (Å²) >= 11 is 0. The molecule has 2 heterocycles. The molecule has 1 amide bonds. The summed E-state index contributed by atoms with van der Waals surface area (Å²) in [6.07, 6.45) is -4.42. The number of halogens is 3. The molecule has 0 radical (unpaired) electrons. The molecular formula is C18H20F3N3O4. The van der Waals surface area contributed by atoms with Crippen LogP contribution in [-0.4, -0.2) is 45.3 Å². The number of aliphatic carboxylic acids is 1. The zero-order valence-corrected chi connectivity index (χ0v) is 15.3. The van der Waals surface area contributed by atoms with Crippen LogP contribution < -0.4 is 5.32 Å². The number of carbonyl (C=O) groups is 2. The molecule has 7 nitrogen and oxygen atoms in total. The van der Waals surface area contributed by atoms with Crippen molar-refractivity contribution in [2.24, 2.45) is 0 Å². The van der Waals surface area contributed by atoms with Crippen molar-refractivity contribution in [1.82, 2.24) is 14.9 Å². The van der Waals surface area contributed by atoms with Crippen LogP contribution in [0, 0.1) is 0 Å². The van der Waals surface area contributed by atoms with E-state index >= 15 is 0 Å². The number of carboxylic acid groups (broad SMARTS) is 1. The summed E-state index contributed by atoms with van der Waals surface area (Å²) in [7, 11) is 0. The molecular weight excluding hydrogens is 379 g/mol. The van der Waals surface area contributed by atoms with Crippen LogP contribution in [-0.2, 0) is 15.7 Å². The average Bonchev–Trinajstić information content (AvgIpc) is 3.01. The molecule has 2 aromatic rings. The number of ether oxygens (including phenoxy) is 1. The predicted molar refractivity (Wildman–Crippen MR) is 93.0 cm³/mol. The number of imidazole rings is 1. The lowest BCUT2D eigenvalue weighted by Crippen LogP contribution is -2.57. The van der Waals surface area contributed by atoms with Crippen molar-refractivity contribution in [3.8, 4) is 0 Å². The van der Waals surface area contributed by atoms with Crippen LogP contribution in [0.25, 0.3) is 11.0 Å². The normalized spacial score (nSPS) is 17.1. The van der Waals surface area contributed by atoms with Gasteiger partial charge in [0, 0.05) is 37.7 Å². The van der Waals surface area contributed by atoms with Gasteiger partial charge in [-0.25, -0.2) is 9.78 Å². The number of carbonyl (C=O) groups excluding carboxylic acids is 1. The lowest BCUT2D eigenvalue weighted by molar-refractivity contribution is -0.148. The highest BCUT2D eigenvalue weighted by Gasteiger charge is 2.42. The number of benzene rings is 1. The second kappa shape index (κ2) is 7.08. The molecule has 10 heteroatoms. The molecule has 1 aromatic carbocycles. The Hall–Kier alpha value is -2.62. The number of hydrogen-bond acceptors (Lipinski definition) is 4. The number of carboxylic acids is 1. The number of nitrogens with zero attached hydrogens (tertiary/aromatic N) is 2. The second-order valence-electron chi connectivity index (χ2n) is 7.05. The molecule has 152 valence electrons. The number of rotatable bonds is 4. The van der Waals surface area contributed by atoms with Crippen LogP contribution in [0.1, 0.15) is 48.9 Å². The van der Waals surface area contributed by atoms with Crippen molar-refractivity contribution in [2.75, 3.05) is 13.2 Å². The molecule has 1 aliphatic heterocycles. The molecule has 28 heavy (non-hydrogen) atoms. The van der Waals surface area contributed by atoms with Gasteiger partial charge in [-0.15, -0.1) is 0 Å². The van der Waals surface area contributed by atoms with Crippen molar-refractivity contribution in [1.29, 1.82) is 0 Å². The van der Waals surface area contributed by atoms with Crippen molar-refractivity contribution in [3.05, 3.63) is 29.6 Å². The summed E-state index contributed by atoms with van der Waals surface area (Å²) in [5.74, 6) is -2.89. The molecule has 1 aliphatic rings. The number of amides is 1. The first-order valence-electron chi connectivity index (χ1n) is 8.78. The van der Waals surface area contributed by atoms with Crippen LogP contribution in [0.5, 0.6) is 0 Å². The molecule has 0 bridgehead atoms. The van der Waals surface area contributed by atoms with E-state index in [1.165, 1.54) is 18.2 Å². The molecule has 0 saturated carbocycles. The van der Waals surface area contributed by atoms with E-state index in [9.17, 15) is 27.9 Å². The summed E-state index contributed by atoms with van der Waals surface area (Å²) in [6.45, 7) is 3.61. The molecule has 0 unspecified atom stereocenters. The highest BCUT2D eigenvalue weighted by molar-refractivity contribution is 6.00. The van der Waals surface area contributed by atoms with Gasteiger partial charge in [-0.05, 0) is 32.0 Å².